The van der Waals surface area contributed by atoms with Gasteiger partial charge in [-0.1, -0.05) is 30.8 Å². The molecule has 1 aliphatic carbocycles. The summed E-state index contributed by atoms with van der Waals surface area (Å²) in [6.45, 7) is 3.91. The maximum atomic E-state index is 12.3. The Morgan fingerprint density at radius 2 is 2.08 bits per heavy atom. The molecule has 1 aromatic carbocycles. The molecule has 1 heterocycles. The number of benzene rings is 1. The number of thioether (sulfide) groups is 1. The van der Waals surface area contributed by atoms with Gasteiger partial charge in [-0.3, -0.25) is 9.59 Å². The van der Waals surface area contributed by atoms with Crippen LogP contribution in [0.2, 0.25) is 0 Å². The smallest absolute Gasteiger partial charge is 0.254 e. The zero-order chi connectivity index (χ0) is 17.1. The summed E-state index contributed by atoms with van der Waals surface area (Å²) < 4.78 is 0. The highest BCUT2D eigenvalue weighted by Gasteiger charge is 2.20. The van der Waals surface area contributed by atoms with Gasteiger partial charge in [-0.15, -0.1) is 0 Å². The van der Waals surface area contributed by atoms with Gasteiger partial charge in [0.15, 0.2) is 5.16 Å². The molecule has 0 fully saturated rings. The molecular weight excluding hydrogens is 322 g/mol. The van der Waals surface area contributed by atoms with Crippen molar-refractivity contribution in [2.24, 2.45) is 0 Å². The summed E-state index contributed by atoms with van der Waals surface area (Å²) in [4.78, 5) is 31.6. The number of anilines is 1. The van der Waals surface area contributed by atoms with Crippen molar-refractivity contribution < 1.29 is 4.79 Å². The van der Waals surface area contributed by atoms with Crippen LogP contribution in [0.1, 0.15) is 37.1 Å². The first-order chi connectivity index (χ1) is 11.6. The third kappa shape index (κ3) is 3.70. The van der Waals surface area contributed by atoms with Crippen LogP contribution in [0.15, 0.2) is 34.2 Å². The first-order valence-electron chi connectivity index (χ1n) is 8.25. The van der Waals surface area contributed by atoms with E-state index in [1.807, 2.05) is 31.2 Å². The lowest BCUT2D eigenvalue weighted by molar-refractivity contribution is -0.115. The quantitative estimate of drug-likeness (QED) is 0.646. The number of rotatable bonds is 5. The highest BCUT2D eigenvalue weighted by Crippen LogP contribution is 2.23. The van der Waals surface area contributed by atoms with Crippen LogP contribution in [0.3, 0.4) is 0 Å². The summed E-state index contributed by atoms with van der Waals surface area (Å²) in [5.74, 6) is -0.104. The Bertz CT molecular complexity index is 799. The Balaban J connectivity index is 1.65. The third-order valence-electron chi connectivity index (χ3n) is 4.21. The van der Waals surface area contributed by atoms with E-state index >= 15 is 0 Å². The monoisotopic (exact) mass is 343 g/mol. The molecule has 1 aromatic heterocycles. The zero-order valence-corrected chi connectivity index (χ0v) is 14.7. The van der Waals surface area contributed by atoms with Crippen LogP contribution in [0.25, 0.3) is 0 Å². The molecule has 2 N–H and O–H groups in total. The fraction of sp³-hybridized carbons (Fsp3) is 0.389. The van der Waals surface area contributed by atoms with E-state index in [-0.39, 0.29) is 16.7 Å². The van der Waals surface area contributed by atoms with Gasteiger partial charge >= 0.3 is 0 Å². The highest BCUT2D eigenvalue weighted by molar-refractivity contribution is 8.00. The first kappa shape index (κ1) is 16.8. The van der Waals surface area contributed by atoms with E-state index in [1.54, 1.807) is 0 Å². The van der Waals surface area contributed by atoms with Crippen molar-refractivity contribution in [2.45, 2.75) is 49.9 Å². The largest absolute Gasteiger partial charge is 0.325 e. The van der Waals surface area contributed by atoms with Gasteiger partial charge in [0, 0.05) is 11.3 Å². The number of nitrogens with one attached hydrogen (secondary N) is 2. The third-order valence-corrected chi connectivity index (χ3v) is 5.19. The summed E-state index contributed by atoms with van der Waals surface area (Å²) >= 11 is 1.28. The Morgan fingerprint density at radius 3 is 2.79 bits per heavy atom. The van der Waals surface area contributed by atoms with E-state index in [9.17, 15) is 9.59 Å². The number of hydrogen-bond acceptors (Lipinski definition) is 4. The molecule has 6 heteroatoms. The second-order valence-electron chi connectivity index (χ2n) is 5.95. The molecule has 0 saturated heterocycles. The number of H-pyrrole nitrogens is 1. The second kappa shape index (κ2) is 7.21. The topological polar surface area (TPSA) is 74.8 Å². The zero-order valence-electron chi connectivity index (χ0n) is 13.9. The van der Waals surface area contributed by atoms with Gasteiger partial charge < -0.3 is 10.3 Å². The van der Waals surface area contributed by atoms with Crippen molar-refractivity contribution in [3.05, 3.63) is 51.4 Å². The summed E-state index contributed by atoms with van der Waals surface area (Å²) in [6, 6.07) is 7.83. The van der Waals surface area contributed by atoms with Crippen molar-refractivity contribution >= 4 is 23.4 Å². The fourth-order valence-electron chi connectivity index (χ4n) is 2.76. The summed E-state index contributed by atoms with van der Waals surface area (Å²) in [5, 5.41) is 3.07. The minimum absolute atomic E-state index is 0.0669. The lowest BCUT2D eigenvalue weighted by Crippen LogP contribution is -2.23. The Kier molecular flexibility index (Phi) is 5.04. The van der Waals surface area contributed by atoms with Crippen molar-refractivity contribution in [2.75, 3.05) is 5.32 Å². The van der Waals surface area contributed by atoms with E-state index in [0.717, 1.165) is 42.6 Å². The number of fused-ring (bicyclic) bond motifs is 1. The minimum Gasteiger partial charge on any atom is -0.325 e. The molecule has 0 spiro atoms. The predicted molar refractivity (Wildman–Crippen MR) is 96.7 cm³/mol. The van der Waals surface area contributed by atoms with E-state index in [2.05, 4.69) is 22.2 Å². The average Bonchev–Trinajstić information content (AvgIpc) is 3.04. The Labute approximate surface area is 145 Å². The van der Waals surface area contributed by atoms with E-state index in [0.29, 0.717) is 5.16 Å². The van der Waals surface area contributed by atoms with Gasteiger partial charge in [-0.25, -0.2) is 4.98 Å². The molecule has 0 radical (unpaired) electrons. The van der Waals surface area contributed by atoms with E-state index in [1.165, 1.54) is 17.3 Å². The molecule has 5 nitrogen and oxygen atoms in total. The van der Waals surface area contributed by atoms with Crippen LogP contribution in [0.4, 0.5) is 5.69 Å². The SMILES string of the molecule is CCc1ccc(NC(=O)C(C)Sc2nc3c(c(=O)[nH]2)CCC3)cc1. The Hall–Kier alpha value is -2.08. The standard InChI is InChI=1S/C18H21N3O2S/c1-3-12-7-9-13(10-8-12)19-16(22)11(2)24-18-20-15-6-4-5-14(15)17(23)21-18/h7-11H,3-6H2,1-2H3,(H,19,22)(H,20,21,23). The summed E-state index contributed by atoms with van der Waals surface area (Å²) in [6.07, 6.45) is 3.59. The van der Waals surface area contributed by atoms with Crippen LogP contribution in [-0.2, 0) is 24.1 Å². The van der Waals surface area contributed by atoms with Gasteiger partial charge in [0.1, 0.15) is 0 Å². The lowest BCUT2D eigenvalue weighted by Gasteiger charge is -2.12. The minimum atomic E-state index is -0.349. The predicted octanol–water partition coefficient (Wildman–Crippen LogP) is 2.94. The van der Waals surface area contributed by atoms with Crippen LogP contribution < -0.4 is 10.9 Å². The molecule has 1 unspecified atom stereocenters. The molecule has 1 aliphatic rings. The molecule has 24 heavy (non-hydrogen) atoms. The normalized spacial score (nSPS) is 14.2. The highest BCUT2D eigenvalue weighted by atomic mass is 32.2. The maximum Gasteiger partial charge on any atom is 0.254 e. The molecule has 3 rings (SSSR count). The molecule has 1 atom stereocenters. The molecule has 0 bridgehead atoms. The number of aromatic nitrogens is 2. The van der Waals surface area contributed by atoms with Crippen LogP contribution >= 0.6 is 11.8 Å². The van der Waals surface area contributed by atoms with Gasteiger partial charge in [-0.05, 0) is 50.3 Å². The summed E-state index contributed by atoms with van der Waals surface area (Å²) in [7, 11) is 0. The van der Waals surface area contributed by atoms with Gasteiger partial charge in [0.25, 0.3) is 5.56 Å². The number of nitrogens with zero attached hydrogens (tertiary/aromatic N) is 1. The average molecular weight is 343 g/mol. The molecular formula is C18H21N3O2S. The fourth-order valence-corrected chi connectivity index (χ4v) is 3.58. The van der Waals surface area contributed by atoms with Crippen molar-refractivity contribution in [3.8, 4) is 0 Å². The van der Waals surface area contributed by atoms with Crippen LogP contribution in [-0.4, -0.2) is 21.1 Å². The number of aromatic amines is 1. The van der Waals surface area contributed by atoms with E-state index < -0.39 is 0 Å². The molecule has 2 aromatic rings. The van der Waals surface area contributed by atoms with E-state index in [4.69, 9.17) is 0 Å². The number of amides is 1. The number of carbonyl (C=O) groups is 1. The van der Waals surface area contributed by atoms with Gasteiger partial charge in [0.2, 0.25) is 5.91 Å². The molecule has 126 valence electrons. The van der Waals surface area contributed by atoms with Crippen molar-refractivity contribution in [1.82, 2.24) is 9.97 Å². The number of hydrogen-bond donors (Lipinski definition) is 2. The summed E-state index contributed by atoms with van der Waals surface area (Å²) in [5.41, 5.74) is 3.62. The maximum absolute atomic E-state index is 12.3. The Morgan fingerprint density at radius 1 is 1.33 bits per heavy atom. The van der Waals surface area contributed by atoms with Crippen molar-refractivity contribution in [3.63, 3.8) is 0 Å². The molecule has 0 saturated carbocycles. The second-order valence-corrected chi connectivity index (χ2v) is 7.28. The van der Waals surface area contributed by atoms with Gasteiger partial charge in [-0.2, -0.15) is 0 Å². The lowest BCUT2D eigenvalue weighted by atomic mass is 10.1. The molecule has 0 aliphatic heterocycles. The first-order valence-corrected chi connectivity index (χ1v) is 9.13. The van der Waals surface area contributed by atoms with Crippen LogP contribution in [0.5, 0.6) is 0 Å². The molecule has 1 amide bonds. The number of carbonyl (C=O) groups excluding carboxylic acids is 1. The van der Waals surface area contributed by atoms with Gasteiger partial charge in [0.05, 0.1) is 10.9 Å². The van der Waals surface area contributed by atoms with Crippen molar-refractivity contribution in [1.29, 1.82) is 0 Å². The number of aryl methyl sites for hydroxylation is 2. The van der Waals surface area contributed by atoms with Crippen LogP contribution in [0, 0.1) is 0 Å².